The third-order valence-electron chi connectivity index (χ3n) is 2.09. The molecule has 0 saturated carbocycles. The van der Waals surface area contributed by atoms with Crippen LogP contribution in [0.15, 0.2) is 18.2 Å². The van der Waals surface area contributed by atoms with Crippen molar-refractivity contribution in [3.8, 4) is 5.75 Å². The molecule has 1 aromatic carbocycles. The van der Waals surface area contributed by atoms with Gasteiger partial charge in [-0.15, -0.1) is 0 Å². The first-order chi connectivity index (χ1) is 8.79. The molecule has 8 heteroatoms. The van der Waals surface area contributed by atoms with Gasteiger partial charge in [0.15, 0.2) is 0 Å². The van der Waals surface area contributed by atoms with Gasteiger partial charge in [0.05, 0.1) is 12.3 Å². The summed E-state index contributed by atoms with van der Waals surface area (Å²) in [7, 11) is 0. The summed E-state index contributed by atoms with van der Waals surface area (Å²) in [5.74, 6) is -0.771. The monoisotopic (exact) mass is 278 g/mol. The normalized spacial score (nSPS) is 11.3. The number of anilines is 1. The molecule has 4 N–H and O–H groups in total. The Morgan fingerprint density at radius 1 is 1.42 bits per heavy atom. The maximum Gasteiger partial charge on any atom is 0.411 e. The molecule has 0 aliphatic carbocycles. The van der Waals surface area contributed by atoms with Crippen molar-refractivity contribution in [1.29, 1.82) is 0 Å². The Labute approximate surface area is 107 Å². The molecule has 5 nitrogen and oxygen atoms in total. The summed E-state index contributed by atoms with van der Waals surface area (Å²) in [5.41, 5.74) is 5.65. The summed E-state index contributed by atoms with van der Waals surface area (Å²) in [4.78, 5) is 11.5. The number of rotatable bonds is 5. The van der Waals surface area contributed by atoms with E-state index in [1.807, 2.05) is 0 Å². The van der Waals surface area contributed by atoms with Crippen LogP contribution >= 0.6 is 0 Å². The highest BCUT2D eigenvalue weighted by atomic mass is 19.4. The number of hydrogen-bond acceptors (Lipinski definition) is 4. The number of aromatic hydroxyl groups is 1. The van der Waals surface area contributed by atoms with E-state index >= 15 is 0 Å². The van der Waals surface area contributed by atoms with Gasteiger partial charge in [0.1, 0.15) is 12.4 Å². The quantitative estimate of drug-likeness (QED) is 0.430. The van der Waals surface area contributed by atoms with Crippen molar-refractivity contribution in [3.63, 3.8) is 0 Å². The topological polar surface area (TPSA) is 84.6 Å². The molecule has 1 rings (SSSR count). The van der Waals surface area contributed by atoms with E-state index < -0.39 is 18.7 Å². The van der Waals surface area contributed by atoms with Gasteiger partial charge in [-0.3, -0.25) is 4.79 Å². The summed E-state index contributed by atoms with van der Waals surface area (Å²) >= 11 is 0. The standard InChI is InChI=1S/C11H13F3N2O3/c12-11(13,14)6-19-4-3-16-10(18)7-1-2-8(15)9(17)5-7/h1-2,5,17H,3-4,6,15H2,(H,16,18). The Bertz CT molecular complexity index is 449. The average Bonchev–Trinajstić information content (AvgIpc) is 2.30. The van der Waals surface area contributed by atoms with Gasteiger partial charge in [0.2, 0.25) is 0 Å². The van der Waals surface area contributed by atoms with E-state index in [-0.39, 0.29) is 30.2 Å². The fourth-order valence-corrected chi connectivity index (χ4v) is 1.21. The first kappa shape index (κ1) is 15.1. The minimum atomic E-state index is -4.38. The van der Waals surface area contributed by atoms with Crippen LogP contribution in [0.2, 0.25) is 0 Å². The number of carbonyl (C=O) groups is 1. The number of carbonyl (C=O) groups excluding carboxylic acids is 1. The number of nitrogen functional groups attached to an aromatic ring is 1. The van der Waals surface area contributed by atoms with E-state index in [1.165, 1.54) is 18.2 Å². The van der Waals surface area contributed by atoms with E-state index in [4.69, 9.17) is 5.73 Å². The number of halogens is 3. The molecule has 0 aliphatic rings. The molecule has 0 unspecified atom stereocenters. The molecule has 0 spiro atoms. The second-order valence-corrected chi connectivity index (χ2v) is 3.70. The van der Waals surface area contributed by atoms with E-state index in [0.717, 1.165) is 0 Å². The summed E-state index contributed by atoms with van der Waals surface area (Å²) in [6.07, 6.45) is -4.38. The summed E-state index contributed by atoms with van der Waals surface area (Å²) in [6, 6.07) is 3.91. The molecular weight excluding hydrogens is 265 g/mol. The summed E-state index contributed by atoms with van der Waals surface area (Å²) < 4.78 is 39.5. The van der Waals surface area contributed by atoms with Crippen LogP contribution in [0.25, 0.3) is 0 Å². The molecule has 0 radical (unpaired) electrons. The minimum Gasteiger partial charge on any atom is -0.506 e. The van der Waals surface area contributed by atoms with Gasteiger partial charge in [-0.25, -0.2) is 0 Å². The van der Waals surface area contributed by atoms with Crippen molar-refractivity contribution in [3.05, 3.63) is 23.8 Å². The highest BCUT2D eigenvalue weighted by Gasteiger charge is 2.27. The molecule has 0 aromatic heterocycles. The molecule has 0 fully saturated rings. The van der Waals surface area contributed by atoms with Crippen LogP contribution in [0.1, 0.15) is 10.4 Å². The van der Waals surface area contributed by atoms with Crippen molar-refractivity contribution in [2.24, 2.45) is 0 Å². The maximum atomic E-state index is 11.7. The van der Waals surface area contributed by atoms with Gasteiger partial charge in [0, 0.05) is 12.1 Å². The Kier molecular flexibility index (Phi) is 4.99. The molecule has 106 valence electrons. The van der Waals surface area contributed by atoms with Gasteiger partial charge >= 0.3 is 6.18 Å². The third kappa shape index (κ3) is 5.47. The molecule has 0 atom stereocenters. The van der Waals surface area contributed by atoms with E-state index in [2.05, 4.69) is 10.1 Å². The molecule has 1 amide bonds. The van der Waals surface area contributed by atoms with Gasteiger partial charge < -0.3 is 20.9 Å². The van der Waals surface area contributed by atoms with Crippen LogP contribution in [0, 0.1) is 0 Å². The summed E-state index contributed by atoms with van der Waals surface area (Å²) in [6.45, 7) is -1.68. The highest BCUT2D eigenvalue weighted by molar-refractivity contribution is 5.95. The van der Waals surface area contributed by atoms with Crippen LogP contribution in [-0.2, 0) is 4.74 Å². The number of benzene rings is 1. The molecule has 0 bridgehead atoms. The lowest BCUT2D eigenvalue weighted by Gasteiger charge is -2.09. The van der Waals surface area contributed by atoms with Crippen molar-refractivity contribution < 1.29 is 27.8 Å². The average molecular weight is 278 g/mol. The van der Waals surface area contributed by atoms with E-state index in [0.29, 0.717) is 0 Å². The molecule has 1 aromatic rings. The van der Waals surface area contributed by atoms with E-state index in [9.17, 15) is 23.1 Å². The Morgan fingerprint density at radius 2 is 2.11 bits per heavy atom. The predicted molar refractivity (Wildman–Crippen MR) is 61.7 cm³/mol. The number of alkyl halides is 3. The van der Waals surface area contributed by atoms with Crippen molar-refractivity contribution in [2.75, 3.05) is 25.5 Å². The first-order valence-corrected chi connectivity index (χ1v) is 5.31. The number of ether oxygens (including phenoxy) is 1. The smallest absolute Gasteiger partial charge is 0.411 e. The van der Waals surface area contributed by atoms with Crippen molar-refractivity contribution in [2.45, 2.75) is 6.18 Å². The zero-order valence-corrected chi connectivity index (χ0v) is 9.83. The Morgan fingerprint density at radius 3 is 2.68 bits per heavy atom. The Hall–Kier alpha value is -1.96. The number of nitrogens with two attached hydrogens (primary N) is 1. The fraction of sp³-hybridized carbons (Fsp3) is 0.364. The third-order valence-corrected chi connectivity index (χ3v) is 2.09. The zero-order chi connectivity index (χ0) is 14.5. The highest BCUT2D eigenvalue weighted by Crippen LogP contribution is 2.20. The van der Waals surface area contributed by atoms with Crippen LogP contribution < -0.4 is 11.1 Å². The zero-order valence-electron chi connectivity index (χ0n) is 9.83. The van der Waals surface area contributed by atoms with Gasteiger partial charge in [-0.2, -0.15) is 13.2 Å². The molecule has 0 aliphatic heterocycles. The molecule has 0 saturated heterocycles. The molecule has 0 heterocycles. The van der Waals surface area contributed by atoms with Gasteiger partial charge in [-0.1, -0.05) is 0 Å². The van der Waals surface area contributed by atoms with Gasteiger partial charge in [-0.05, 0) is 18.2 Å². The Balaban J connectivity index is 2.33. The van der Waals surface area contributed by atoms with Crippen molar-refractivity contribution >= 4 is 11.6 Å². The number of amides is 1. The lowest BCUT2D eigenvalue weighted by molar-refractivity contribution is -0.173. The SMILES string of the molecule is Nc1ccc(C(=O)NCCOCC(F)(F)F)cc1O. The fourth-order valence-electron chi connectivity index (χ4n) is 1.21. The number of phenols is 1. The second kappa shape index (κ2) is 6.28. The number of phenolic OH excluding ortho intramolecular Hbond substituents is 1. The van der Waals surface area contributed by atoms with Crippen LogP contribution in [-0.4, -0.2) is 36.9 Å². The van der Waals surface area contributed by atoms with Crippen LogP contribution in [0.4, 0.5) is 18.9 Å². The number of nitrogens with one attached hydrogen (secondary N) is 1. The number of hydrogen-bond donors (Lipinski definition) is 3. The minimum absolute atomic E-state index is 0.0694. The largest absolute Gasteiger partial charge is 0.506 e. The van der Waals surface area contributed by atoms with Crippen LogP contribution in [0.5, 0.6) is 5.75 Å². The van der Waals surface area contributed by atoms with E-state index in [1.54, 1.807) is 0 Å². The van der Waals surface area contributed by atoms with Crippen molar-refractivity contribution in [1.82, 2.24) is 5.32 Å². The lowest BCUT2D eigenvalue weighted by atomic mass is 10.2. The second-order valence-electron chi connectivity index (χ2n) is 3.70. The molecular formula is C11H13F3N2O3. The lowest BCUT2D eigenvalue weighted by Crippen LogP contribution is -2.28. The molecule has 19 heavy (non-hydrogen) atoms. The summed E-state index contributed by atoms with van der Waals surface area (Å²) in [5, 5.41) is 11.6. The predicted octanol–water partition coefficient (Wildman–Crippen LogP) is 1.28. The van der Waals surface area contributed by atoms with Crippen LogP contribution in [0.3, 0.4) is 0 Å². The first-order valence-electron chi connectivity index (χ1n) is 5.31. The van der Waals surface area contributed by atoms with Gasteiger partial charge in [0.25, 0.3) is 5.91 Å². The maximum absolute atomic E-state index is 11.7.